The second-order valence-corrected chi connectivity index (χ2v) is 10.8. The third-order valence-corrected chi connectivity index (χ3v) is 8.97. The van der Waals surface area contributed by atoms with E-state index in [1.165, 1.54) is 7.11 Å². The van der Waals surface area contributed by atoms with Gasteiger partial charge in [-0.25, -0.2) is 0 Å². The molecule has 2 aromatic carbocycles. The fraction of sp³-hybridized carbons (Fsp3) is 0.375. The van der Waals surface area contributed by atoms with Crippen LogP contribution in [0.1, 0.15) is 29.2 Å². The molecule has 0 aromatic heterocycles. The molecule has 0 spiro atoms. The first-order chi connectivity index (χ1) is 14.9. The fourth-order valence-electron chi connectivity index (χ4n) is 5.70. The number of piperidine rings is 1. The molecule has 4 atom stereocenters. The number of nitrogens with zero attached hydrogens (tertiary/aromatic N) is 1. The van der Waals surface area contributed by atoms with Gasteiger partial charge in [0.25, 0.3) is 0 Å². The number of benzene rings is 2. The minimum Gasteiger partial charge on any atom is -0.504 e. The molecular formula is C24H24BrNO4S. The van der Waals surface area contributed by atoms with Crippen molar-refractivity contribution in [1.29, 1.82) is 0 Å². The first-order valence-electron chi connectivity index (χ1n) is 10.3. The largest absolute Gasteiger partial charge is 0.504 e. The highest BCUT2D eigenvalue weighted by Crippen LogP contribution is 2.63. The number of allylic oxidation sites excluding steroid dienone is 1. The maximum Gasteiger partial charge on any atom is 0.197 e. The van der Waals surface area contributed by atoms with E-state index in [9.17, 15) is 15.0 Å². The van der Waals surface area contributed by atoms with Crippen LogP contribution in [-0.4, -0.2) is 47.6 Å². The number of aromatic hydroxyl groups is 2. The van der Waals surface area contributed by atoms with Crippen LogP contribution >= 0.6 is 27.7 Å². The molecule has 2 bridgehead atoms. The zero-order valence-corrected chi connectivity index (χ0v) is 19.7. The van der Waals surface area contributed by atoms with Crippen molar-refractivity contribution in [3.05, 3.63) is 63.8 Å². The van der Waals surface area contributed by atoms with Crippen LogP contribution in [0.4, 0.5) is 0 Å². The Bertz CT molecular complexity index is 1090. The number of ether oxygens (including phenoxy) is 1. The van der Waals surface area contributed by atoms with Crippen molar-refractivity contribution >= 4 is 33.5 Å². The number of thioether (sulfide) groups is 1. The summed E-state index contributed by atoms with van der Waals surface area (Å²) in [5, 5.41) is 21.4. The summed E-state index contributed by atoms with van der Waals surface area (Å²) < 4.78 is 6.45. The van der Waals surface area contributed by atoms with Crippen molar-refractivity contribution in [1.82, 2.24) is 4.90 Å². The number of likely N-dealkylation sites (tertiary alicyclic amines) is 1. The van der Waals surface area contributed by atoms with Gasteiger partial charge in [0.2, 0.25) is 0 Å². The summed E-state index contributed by atoms with van der Waals surface area (Å²) in [4.78, 5) is 16.4. The van der Waals surface area contributed by atoms with E-state index in [0.29, 0.717) is 5.76 Å². The van der Waals surface area contributed by atoms with Crippen LogP contribution < -0.4 is 0 Å². The molecule has 2 N–H and O–H groups in total. The molecule has 1 heterocycles. The lowest BCUT2D eigenvalue weighted by Crippen LogP contribution is -2.61. The fourth-order valence-corrected chi connectivity index (χ4v) is 7.39. The lowest BCUT2D eigenvalue weighted by molar-refractivity contribution is -0.122. The number of rotatable bonds is 3. The van der Waals surface area contributed by atoms with Crippen molar-refractivity contribution < 1.29 is 19.7 Å². The van der Waals surface area contributed by atoms with Gasteiger partial charge in [-0.3, -0.25) is 4.79 Å². The summed E-state index contributed by atoms with van der Waals surface area (Å²) in [6.07, 6.45) is 2.98. The van der Waals surface area contributed by atoms with Crippen molar-refractivity contribution in [2.75, 3.05) is 20.7 Å². The maximum atomic E-state index is 12.9. The number of hydrogen-bond acceptors (Lipinski definition) is 6. The van der Waals surface area contributed by atoms with Crippen molar-refractivity contribution in [2.45, 2.75) is 34.4 Å². The van der Waals surface area contributed by atoms with E-state index in [0.717, 1.165) is 33.5 Å². The van der Waals surface area contributed by atoms with E-state index in [1.54, 1.807) is 17.8 Å². The number of ketones is 1. The summed E-state index contributed by atoms with van der Waals surface area (Å²) in [6, 6.07) is 11.8. The Kier molecular flexibility index (Phi) is 5.11. The molecule has 31 heavy (non-hydrogen) atoms. The maximum absolute atomic E-state index is 12.9. The van der Waals surface area contributed by atoms with Crippen molar-refractivity contribution in [2.24, 2.45) is 5.92 Å². The number of methoxy groups -OCH3 is 1. The smallest absolute Gasteiger partial charge is 0.197 e. The standard InChI is InChI=1S/C24H24BrNO4S/c1-26-10-9-24-12-18(28)19(30-2)11-16(24)21(26)23(31-14-5-3-13(25)4-6-14)15-7-8-17(27)22(29)20(15)24/h3-8,11,16,21,23,27,29H,9-10,12H2,1-2H3. The van der Waals surface area contributed by atoms with Gasteiger partial charge in [-0.15, -0.1) is 11.8 Å². The number of phenolic OH excluding ortho intramolecular Hbond substituents is 2. The third kappa shape index (κ3) is 3.12. The molecule has 0 saturated carbocycles. The Hall–Kier alpha value is -1.96. The molecular weight excluding hydrogens is 478 g/mol. The lowest BCUT2D eigenvalue weighted by atomic mass is 9.53. The van der Waals surface area contributed by atoms with Crippen LogP contribution in [0, 0.1) is 5.92 Å². The molecule has 0 radical (unpaired) electrons. The number of carbonyl (C=O) groups excluding carboxylic acids is 1. The van der Waals surface area contributed by atoms with Crippen LogP contribution in [-0.2, 0) is 14.9 Å². The second-order valence-electron chi connectivity index (χ2n) is 8.63. The Morgan fingerprint density at radius 3 is 2.65 bits per heavy atom. The number of likely N-dealkylation sites (N-methyl/N-ethyl adjacent to an activating group) is 1. The number of Topliss-reactive ketones (excluding diaryl/α,β-unsaturated/α-hetero) is 1. The zero-order chi connectivity index (χ0) is 21.9. The minimum atomic E-state index is -0.536. The summed E-state index contributed by atoms with van der Waals surface area (Å²) in [6.45, 7) is 0.816. The first-order valence-corrected chi connectivity index (χ1v) is 12.0. The summed E-state index contributed by atoms with van der Waals surface area (Å²) in [5.74, 6) is 0.123. The molecule has 3 aliphatic rings. The number of hydrogen-bond donors (Lipinski definition) is 2. The Labute approximate surface area is 194 Å². The molecule has 1 saturated heterocycles. The predicted molar refractivity (Wildman–Crippen MR) is 123 cm³/mol. The molecule has 5 rings (SSSR count). The SMILES string of the molecule is COC1=CC2C3C(Sc4ccc(Br)cc4)c4ccc(O)c(O)c4C2(CCN3C)CC1=O. The second kappa shape index (κ2) is 7.57. The Morgan fingerprint density at radius 1 is 1.19 bits per heavy atom. The van der Waals surface area contributed by atoms with Gasteiger partial charge in [0.1, 0.15) is 0 Å². The highest BCUT2D eigenvalue weighted by atomic mass is 79.9. The number of halogens is 1. The van der Waals surface area contributed by atoms with E-state index in [1.807, 2.05) is 24.3 Å². The Morgan fingerprint density at radius 2 is 1.94 bits per heavy atom. The molecule has 1 fully saturated rings. The summed E-state index contributed by atoms with van der Waals surface area (Å²) >= 11 is 5.25. The molecule has 162 valence electrons. The minimum absolute atomic E-state index is 0.00736. The van der Waals surface area contributed by atoms with Gasteiger partial charge in [0.15, 0.2) is 23.0 Å². The van der Waals surface area contributed by atoms with E-state index < -0.39 is 5.41 Å². The molecule has 7 heteroatoms. The van der Waals surface area contributed by atoms with Gasteiger partial charge in [-0.2, -0.15) is 0 Å². The van der Waals surface area contributed by atoms with E-state index in [-0.39, 0.29) is 40.9 Å². The zero-order valence-electron chi connectivity index (χ0n) is 17.3. The van der Waals surface area contributed by atoms with Gasteiger partial charge in [-0.05, 0) is 62.0 Å². The predicted octanol–water partition coefficient (Wildman–Crippen LogP) is 4.77. The third-order valence-electron chi connectivity index (χ3n) is 7.11. The molecule has 2 aliphatic carbocycles. The highest BCUT2D eigenvalue weighted by Gasteiger charge is 2.59. The normalized spacial score (nSPS) is 29.7. The summed E-state index contributed by atoms with van der Waals surface area (Å²) in [7, 11) is 3.67. The van der Waals surface area contributed by atoms with Crippen molar-refractivity contribution in [3.8, 4) is 11.5 Å². The molecule has 4 unspecified atom stereocenters. The average Bonchev–Trinajstić information content (AvgIpc) is 2.75. The molecule has 0 amide bonds. The van der Waals surface area contributed by atoms with E-state index >= 15 is 0 Å². The van der Waals surface area contributed by atoms with Crippen LogP contribution in [0.25, 0.3) is 0 Å². The van der Waals surface area contributed by atoms with Gasteiger partial charge in [0, 0.05) is 38.7 Å². The first kappa shape index (κ1) is 20.9. The Balaban J connectivity index is 1.74. The van der Waals surface area contributed by atoms with Crippen LogP contribution in [0.5, 0.6) is 11.5 Å². The van der Waals surface area contributed by atoms with E-state index in [2.05, 4.69) is 40.0 Å². The molecule has 5 nitrogen and oxygen atoms in total. The monoisotopic (exact) mass is 501 g/mol. The van der Waals surface area contributed by atoms with Crippen molar-refractivity contribution in [3.63, 3.8) is 0 Å². The van der Waals surface area contributed by atoms with Gasteiger partial charge in [-0.1, -0.05) is 22.0 Å². The highest BCUT2D eigenvalue weighted by molar-refractivity contribution is 9.10. The quantitative estimate of drug-likeness (QED) is 0.590. The van der Waals surface area contributed by atoms with E-state index in [4.69, 9.17) is 4.74 Å². The lowest BCUT2D eigenvalue weighted by Gasteiger charge is -2.58. The van der Waals surface area contributed by atoms with Crippen LogP contribution in [0.2, 0.25) is 0 Å². The van der Waals surface area contributed by atoms with Crippen LogP contribution in [0.3, 0.4) is 0 Å². The topological polar surface area (TPSA) is 70.0 Å². The summed E-state index contributed by atoms with van der Waals surface area (Å²) in [5.41, 5.74) is 1.19. The molecule has 1 aliphatic heterocycles. The molecule has 2 aromatic rings. The van der Waals surface area contributed by atoms with Crippen LogP contribution in [0.15, 0.2) is 57.6 Å². The van der Waals surface area contributed by atoms with Gasteiger partial charge >= 0.3 is 0 Å². The van der Waals surface area contributed by atoms with Gasteiger partial charge < -0.3 is 19.8 Å². The number of fused-ring (bicyclic) bond motifs is 1. The number of carbonyl (C=O) groups is 1. The number of phenols is 2. The van der Waals surface area contributed by atoms with Gasteiger partial charge in [0.05, 0.1) is 12.4 Å². The average molecular weight is 502 g/mol.